The van der Waals surface area contributed by atoms with Gasteiger partial charge in [-0.25, -0.2) is 0 Å². The van der Waals surface area contributed by atoms with Gasteiger partial charge >= 0.3 is 0 Å². The van der Waals surface area contributed by atoms with Crippen molar-refractivity contribution in [3.63, 3.8) is 0 Å². The molecule has 2 aromatic heterocycles. The highest BCUT2D eigenvalue weighted by molar-refractivity contribution is 7.12. The van der Waals surface area contributed by atoms with Gasteiger partial charge in [0, 0.05) is 26.7 Å². The second-order valence-electron chi connectivity index (χ2n) is 9.69. The minimum atomic E-state index is -0.625. The number of hydrogen-bond donors (Lipinski definition) is 2. The average Bonchev–Trinajstić information content (AvgIpc) is 3.69. The van der Waals surface area contributed by atoms with Crippen LogP contribution in [-0.4, -0.2) is 79.5 Å². The van der Waals surface area contributed by atoms with E-state index in [0.29, 0.717) is 60.8 Å². The molecule has 3 heterocycles. The molecule has 3 amide bonds. The molecular formula is C26H36N4O4S2. The highest BCUT2D eigenvalue weighted by Crippen LogP contribution is 2.30. The van der Waals surface area contributed by atoms with Crippen molar-refractivity contribution in [2.75, 3.05) is 39.9 Å². The molecule has 3 N–H and O–H groups in total. The molecule has 1 aliphatic carbocycles. The van der Waals surface area contributed by atoms with E-state index in [0.717, 1.165) is 25.7 Å². The van der Waals surface area contributed by atoms with Crippen molar-refractivity contribution in [3.05, 3.63) is 44.8 Å². The number of likely N-dealkylation sites (tertiary alicyclic amines) is 1. The summed E-state index contributed by atoms with van der Waals surface area (Å²) in [5.41, 5.74) is 5.89. The summed E-state index contributed by atoms with van der Waals surface area (Å²) in [6.07, 6.45) is 4.81. The van der Waals surface area contributed by atoms with Crippen LogP contribution in [-0.2, 0) is 9.53 Å². The lowest BCUT2D eigenvalue weighted by Crippen LogP contribution is -2.47. The molecule has 4 rings (SSSR count). The van der Waals surface area contributed by atoms with E-state index in [1.54, 1.807) is 29.0 Å². The van der Waals surface area contributed by atoms with Gasteiger partial charge in [-0.2, -0.15) is 0 Å². The second-order valence-corrected chi connectivity index (χ2v) is 11.6. The quantitative estimate of drug-likeness (QED) is 0.489. The summed E-state index contributed by atoms with van der Waals surface area (Å²) in [5.74, 6) is 0.530. The predicted octanol–water partition coefficient (Wildman–Crippen LogP) is 3.06. The number of methoxy groups -OCH3 is 1. The van der Waals surface area contributed by atoms with Crippen LogP contribution in [0.3, 0.4) is 0 Å². The summed E-state index contributed by atoms with van der Waals surface area (Å²) in [6.45, 7) is 2.38. The van der Waals surface area contributed by atoms with Gasteiger partial charge in [-0.3, -0.25) is 14.4 Å². The van der Waals surface area contributed by atoms with Crippen LogP contribution >= 0.6 is 22.7 Å². The first-order valence-electron chi connectivity index (χ1n) is 12.7. The molecular weight excluding hydrogens is 496 g/mol. The molecule has 0 aromatic carbocycles. The molecule has 4 atom stereocenters. The van der Waals surface area contributed by atoms with Crippen LogP contribution in [0.15, 0.2) is 35.0 Å². The molecule has 0 radical (unpaired) electrons. The third kappa shape index (κ3) is 6.34. The number of hydrogen-bond acceptors (Lipinski definition) is 7. The van der Waals surface area contributed by atoms with Crippen LogP contribution in [0.1, 0.15) is 51.4 Å². The largest absolute Gasteiger partial charge is 0.383 e. The Kier molecular flexibility index (Phi) is 9.53. The lowest BCUT2D eigenvalue weighted by molar-refractivity contribution is -0.125. The molecule has 4 unspecified atom stereocenters. The first-order chi connectivity index (χ1) is 17.5. The van der Waals surface area contributed by atoms with Gasteiger partial charge < -0.3 is 25.6 Å². The zero-order valence-electron chi connectivity index (χ0n) is 20.8. The van der Waals surface area contributed by atoms with Gasteiger partial charge in [-0.05, 0) is 67.0 Å². The van der Waals surface area contributed by atoms with Gasteiger partial charge in [-0.1, -0.05) is 18.6 Å². The number of ether oxygens (including phenoxy) is 1. The molecule has 8 nitrogen and oxygen atoms in total. The number of nitrogens with zero attached hydrogens (tertiary/aromatic N) is 2. The van der Waals surface area contributed by atoms with E-state index in [2.05, 4.69) is 5.32 Å². The van der Waals surface area contributed by atoms with Gasteiger partial charge in [0.1, 0.15) is 6.04 Å². The van der Waals surface area contributed by atoms with E-state index in [1.165, 1.54) is 22.7 Å². The van der Waals surface area contributed by atoms with Crippen LogP contribution in [0.2, 0.25) is 0 Å². The summed E-state index contributed by atoms with van der Waals surface area (Å²) >= 11 is 2.76. The molecule has 2 fully saturated rings. The summed E-state index contributed by atoms with van der Waals surface area (Å²) in [4.78, 5) is 44.9. The van der Waals surface area contributed by atoms with Gasteiger partial charge in [0.15, 0.2) is 0 Å². The third-order valence-corrected chi connectivity index (χ3v) is 9.05. The number of nitrogens with two attached hydrogens (primary N) is 1. The third-order valence-electron chi connectivity index (χ3n) is 7.33. The van der Waals surface area contributed by atoms with Crippen molar-refractivity contribution in [1.29, 1.82) is 0 Å². The fourth-order valence-corrected chi connectivity index (χ4v) is 6.76. The van der Waals surface area contributed by atoms with Crippen molar-refractivity contribution >= 4 is 40.4 Å². The fraction of sp³-hybridized carbons (Fsp3) is 0.577. The second kappa shape index (κ2) is 12.8. The zero-order chi connectivity index (χ0) is 25.5. The van der Waals surface area contributed by atoms with Crippen LogP contribution in [0.5, 0.6) is 0 Å². The Morgan fingerprint density at radius 2 is 1.83 bits per heavy atom. The number of thiophene rings is 2. The number of carbonyl (C=O) groups excluding carboxylic acids is 3. The van der Waals surface area contributed by atoms with E-state index >= 15 is 0 Å². The zero-order valence-corrected chi connectivity index (χ0v) is 22.4. The van der Waals surface area contributed by atoms with Crippen LogP contribution in [0.25, 0.3) is 0 Å². The van der Waals surface area contributed by atoms with E-state index in [-0.39, 0.29) is 23.8 Å². The SMILES string of the molecule is COCCN(C(=O)c1cccs1)C1CC(C(=O)NCC2CCCC(CN)C2)N(C(=O)c2cccs2)C1. The van der Waals surface area contributed by atoms with Gasteiger partial charge in [0.05, 0.1) is 22.4 Å². The van der Waals surface area contributed by atoms with E-state index in [4.69, 9.17) is 10.5 Å². The highest BCUT2D eigenvalue weighted by atomic mass is 32.1. The van der Waals surface area contributed by atoms with Crippen LogP contribution < -0.4 is 11.1 Å². The molecule has 1 aliphatic heterocycles. The normalized spacial score (nSPS) is 24.0. The minimum absolute atomic E-state index is 0.0911. The maximum Gasteiger partial charge on any atom is 0.264 e. The lowest BCUT2D eigenvalue weighted by Gasteiger charge is -2.29. The van der Waals surface area contributed by atoms with Gasteiger partial charge in [0.25, 0.3) is 11.8 Å². The fourth-order valence-electron chi connectivity index (χ4n) is 5.40. The number of rotatable bonds is 10. The first-order valence-corrected chi connectivity index (χ1v) is 14.4. The Hall–Kier alpha value is -2.27. The molecule has 1 saturated heterocycles. The Morgan fingerprint density at radius 1 is 1.11 bits per heavy atom. The summed E-state index contributed by atoms with van der Waals surface area (Å²) in [5, 5.41) is 6.87. The molecule has 1 saturated carbocycles. The Labute approximate surface area is 220 Å². The molecule has 196 valence electrons. The van der Waals surface area contributed by atoms with Gasteiger partial charge in [-0.15, -0.1) is 22.7 Å². The van der Waals surface area contributed by atoms with Crippen molar-refractivity contribution in [2.24, 2.45) is 17.6 Å². The summed E-state index contributed by atoms with van der Waals surface area (Å²) in [7, 11) is 1.60. The minimum Gasteiger partial charge on any atom is -0.383 e. The summed E-state index contributed by atoms with van der Waals surface area (Å²) < 4.78 is 5.27. The number of nitrogens with one attached hydrogen (secondary N) is 1. The summed E-state index contributed by atoms with van der Waals surface area (Å²) in [6, 6.07) is 6.38. The molecule has 0 bridgehead atoms. The van der Waals surface area contributed by atoms with Crippen LogP contribution in [0, 0.1) is 11.8 Å². The van der Waals surface area contributed by atoms with Crippen molar-refractivity contribution in [1.82, 2.24) is 15.1 Å². The van der Waals surface area contributed by atoms with Crippen molar-refractivity contribution in [3.8, 4) is 0 Å². The Bertz CT molecular complexity index is 998. The van der Waals surface area contributed by atoms with Crippen molar-refractivity contribution < 1.29 is 19.1 Å². The molecule has 36 heavy (non-hydrogen) atoms. The van der Waals surface area contributed by atoms with Crippen molar-refractivity contribution in [2.45, 2.75) is 44.2 Å². The van der Waals surface area contributed by atoms with Crippen LogP contribution in [0.4, 0.5) is 0 Å². The maximum absolute atomic E-state index is 13.5. The van der Waals surface area contributed by atoms with E-state index in [1.807, 2.05) is 22.9 Å². The molecule has 2 aromatic rings. The molecule has 10 heteroatoms. The topological polar surface area (TPSA) is 105 Å². The average molecular weight is 533 g/mol. The smallest absolute Gasteiger partial charge is 0.264 e. The standard InChI is InChI=1S/C26H36N4O4S2/c1-34-10-9-29(25(32)22-7-3-11-35-22)20-14-21(30(17-20)26(33)23-8-4-12-36-23)24(31)28-16-19-6-2-5-18(13-19)15-27/h3-4,7-8,11-12,18-21H,2,5-6,9-10,13-17,27H2,1H3,(H,28,31). The highest BCUT2D eigenvalue weighted by Gasteiger charge is 2.43. The maximum atomic E-state index is 13.5. The Morgan fingerprint density at radius 3 is 2.50 bits per heavy atom. The number of amides is 3. The lowest BCUT2D eigenvalue weighted by atomic mass is 9.81. The van der Waals surface area contributed by atoms with E-state index in [9.17, 15) is 14.4 Å². The van der Waals surface area contributed by atoms with E-state index < -0.39 is 6.04 Å². The van der Waals surface area contributed by atoms with Gasteiger partial charge in [0.2, 0.25) is 5.91 Å². The first kappa shape index (κ1) is 26.8. The Balaban J connectivity index is 1.50. The number of carbonyl (C=O) groups is 3. The predicted molar refractivity (Wildman–Crippen MR) is 142 cm³/mol. The molecule has 2 aliphatic rings. The molecule has 0 spiro atoms. The monoisotopic (exact) mass is 532 g/mol.